The topological polar surface area (TPSA) is 60.2 Å². The minimum atomic E-state index is -0.183. The van der Waals surface area contributed by atoms with Crippen LogP contribution in [0.15, 0.2) is 4.52 Å². The van der Waals surface area contributed by atoms with Crippen molar-refractivity contribution in [2.75, 3.05) is 0 Å². The van der Waals surface area contributed by atoms with Crippen molar-refractivity contribution in [3.63, 3.8) is 0 Å². The molecule has 2 aliphatic rings. The van der Waals surface area contributed by atoms with Crippen molar-refractivity contribution in [3.05, 3.63) is 11.7 Å². The maximum absolute atomic E-state index is 6.11. The van der Waals surface area contributed by atoms with Crippen LogP contribution in [0.5, 0.6) is 0 Å². The Morgan fingerprint density at radius 3 is 2.50 bits per heavy atom. The molecule has 5 nitrogen and oxygen atoms in total. The molecule has 0 spiro atoms. The molecule has 1 N–H and O–H groups in total. The molecule has 20 heavy (non-hydrogen) atoms. The summed E-state index contributed by atoms with van der Waals surface area (Å²) in [5.74, 6) is 2.09. The Bertz CT molecular complexity index is 491. The van der Waals surface area contributed by atoms with E-state index in [0.717, 1.165) is 12.2 Å². The zero-order valence-corrected chi connectivity index (χ0v) is 13.1. The van der Waals surface area contributed by atoms with E-state index in [1.807, 2.05) is 0 Å². The molecule has 0 bridgehead atoms. The molecule has 1 aliphatic heterocycles. The van der Waals surface area contributed by atoms with E-state index < -0.39 is 0 Å². The van der Waals surface area contributed by atoms with Crippen molar-refractivity contribution in [2.24, 2.45) is 0 Å². The van der Waals surface area contributed by atoms with Gasteiger partial charge in [-0.3, -0.25) is 0 Å². The van der Waals surface area contributed by atoms with Gasteiger partial charge in [0.2, 0.25) is 5.89 Å². The highest BCUT2D eigenvalue weighted by Crippen LogP contribution is 2.40. The van der Waals surface area contributed by atoms with E-state index in [1.165, 1.54) is 12.8 Å². The van der Waals surface area contributed by atoms with Gasteiger partial charge < -0.3 is 14.6 Å². The second-order valence-electron chi connectivity index (χ2n) is 7.38. The van der Waals surface area contributed by atoms with Crippen molar-refractivity contribution in [1.82, 2.24) is 15.5 Å². The van der Waals surface area contributed by atoms with Crippen LogP contribution < -0.4 is 5.32 Å². The summed E-state index contributed by atoms with van der Waals surface area (Å²) >= 11 is 0. The molecule has 1 aromatic rings. The molecule has 1 aromatic heterocycles. The van der Waals surface area contributed by atoms with Crippen LogP contribution in [-0.4, -0.2) is 27.4 Å². The van der Waals surface area contributed by atoms with Gasteiger partial charge in [0.25, 0.3) is 0 Å². The van der Waals surface area contributed by atoms with E-state index in [0.29, 0.717) is 11.8 Å². The minimum Gasteiger partial charge on any atom is -0.368 e. The maximum atomic E-state index is 6.11. The molecule has 2 atom stereocenters. The Hall–Kier alpha value is -0.940. The van der Waals surface area contributed by atoms with E-state index in [4.69, 9.17) is 9.26 Å². The third-order valence-electron chi connectivity index (χ3n) is 4.30. The Labute approximate surface area is 120 Å². The fourth-order valence-corrected chi connectivity index (χ4v) is 3.13. The van der Waals surface area contributed by atoms with Crippen molar-refractivity contribution < 1.29 is 9.26 Å². The number of nitrogens with zero attached hydrogens (tertiary/aromatic N) is 2. The predicted molar refractivity (Wildman–Crippen MR) is 75.5 cm³/mol. The predicted octanol–water partition coefficient (Wildman–Crippen LogP) is 2.94. The zero-order chi connectivity index (χ0) is 14.5. The van der Waals surface area contributed by atoms with Gasteiger partial charge in [0.1, 0.15) is 0 Å². The Kier molecular flexibility index (Phi) is 3.18. The molecule has 0 unspecified atom stereocenters. The molecule has 5 heteroatoms. The fourth-order valence-electron chi connectivity index (χ4n) is 3.13. The average molecular weight is 279 g/mol. The molecular formula is C15H25N3O2. The highest BCUT2D eigenvalue weighted by atomic mass is 16.5. The minimum absolute atomic E-state index is 0.0526. The first-order valence-corrected chi connectivity index (χ1v) is 7.56. The van der Waals surface area contributed by atoms with Crippen molar-refractivity contribution >= 4 is 0 Å². The van der Waals surface area contributed by atoms with Gasteiger partial charge >= 0.3 is 0 Å². The molecule has 3 rings (SSSR count). The molecule has 112 valence electrons. The van der Waals surface area contributed by atoms with E-state index in [-0.39, 0.29) is 23.3 Å². The largest absolute Gasteiger partial charge is 0.368 e. The number of nitrogens with one attached hydrogen (secondary N) is 1. The maximum Gasteiger partial charge on any atom is 0.243 e. The summed E-state index contributed by atoms with van der Waals surface area (Å²) in [5, 5.41) is 7.67. The van der Waals surface area contributed by atoms with Crippen LogP contribution in [0.2, 0.25) is 0 Å². The molecule has 0 radical (unpaired) electrons. The second-order valence-corrected chi connectivity index (χ2v) is 7.38. The zero-order valence-electron chi connectivity index (χ0n) is 13.1. The van der Waals surface area contributed by atoms with Crippen LogP contribution in [0.25, 0.3) is 0 Å². The summed E-state index contributed by atoms with van der Waals surface area (Å²) in [5.41, 5.74) is -0.272. The lowest BCUT2D eigenvalue weighted by Crippen LogP contribution is -2.44. The van der Waals surface area contributed by atoms with E-state index >= 15 is 0 Å². The number of rotatable bonds is 4. The number of hydrogen-bond acceptors (Lipinski definition) is 5. The lowest BCUT2D eigenvalue weighted by atomic mass is 9.94. The van der Waals surface area contributed by atoms with Crippen molar-refractivity contribution in [1.29, 1.82) is 0 Å². The molecule has 1 saturated heterocycles. The Morgan fingerprint density at radius 1 is 1.25 bits per heavy atom. The molecule has 1 aliphatic carbocycles. The van der Waals surface area contributed by atoms with Crippen LogP contribution in [0.3, 0.4) is 0 Å². The van der Waals surface area contributed by atoms with Gasteiger partial charge in [-0.1, -0.05) is 5.16 Å². The third kappa shape index (κ3) is 2.74. The fraction of sp³-hybridized carbons (Fsp3) is 0.867. The molecule has 2 heterocycles. The van der Waals surface area contributed by atoms with Crippen LogP contribution in [0.4, 0.5) is 0 Å². The van der Waals surface area contributed by atoms with Gasteiger partial charge in [-0.15, -0.1) is 0 Å². The quantitative estimate of drug-likeness (QED) is 0.918. The Balaban J connectivity index is 1.67. The lowest BCUT2D eigenvalue weighted by molar-refractivity contribution is -0.0705. The van der Waals surface area contributed by atoms with E-state index in [9.17, 15) is 0 Å². The summed E-state index contributed by atoms with van der Waals surface area (Å²) < 4.78 is 11.5. The van der Waals surface area contributed by atoms with Gasteiger partial charge in [-0.25, -0.2) is 0 Å². The normalized spacial score (nSPS) is 29.6. The summed E-state index contributed by atoms with van der Waals surface area (Å²) in [6.07, 6.45) is 3.37. The SMILES string of the molecule is C[C@@H](N[C@H]1CC(C)(C)OC1(C)C)c1nc(C2CC2)no1. The number of ether oxygens (including phenoxy) is 1. The monoisotopic (exact) mass is 279 g/mol. The first-order valence-electron chi connectivity index (χ1n) is 7.56. The smallest absolute Gasteiger partial charge is 0.243 e. The van der Waals surface area contributed by atoms with Gasteiger partial charge in [0, 0.05) is 12.0 Å². The van der Waals surface area contributed by atoms with Gasteiger partial charge in [-0.2, -0.15) is 4.98 Å². The highest BCUT2D eigenvalue weighted by Gasteiger charge is 2.46. The van der Waals surface area contributed by atoms with Crippen LogP contribution in [0, 0.1) is 0 Å². The standard InChI is InChI=1S/C15H25N3O2/c1-9(13-17-12(18-19-13)10-6-7-10)16-11-8-14(2,3)20-15(11,4)5/h9-11,16H,6-8H2,1-5H3/t9-,11+/m1/s1. The van der Waals surface area contributed by atoms with E-state index in [1.54, 1.807) is 0 Å². The van der Waals surface area contributed by atoms with Crippen LogP contribution in [-0.2, 0) is 4.74 Å². The number of aromatic nitrogens is 2. The summed E-state index contributed by atoms with van der Waals surface area (Å²) in [6.45, 7) is 10.6. The number of hydrogen-bond donors (Lipinski definition) is 1. The first-order chi connectivity index (χ1) is 9.27. The average Bonchev–Trinajstić information content (AvgIpc) is 2.99. The van der Waals surface area contributed by atoms with Crippen molar-refractivity contribution in [3.8, 4) is 0 Å². The summed E-state index contributed by atoms with van der Waals surface area (Å²) in [7, 11) is 0. The lowest BCUT2D eigenvalue weighted by Gasteiger charge is -2.29. The molecule has 2 fully saturated rings. The molecule has 0 amide bonds. The van der Waals surface area contributed by atoms with Gasteiger partial charge in [0.05, 0.1) is 17.2 Å². The van der Waals surface area contributed by atoms with Gasteiger partial charge in [-0.05, 0) is 53.9 Å². The molecular weight excluding hydrogens is 254 g/mol. The highest BCUT2D eigenvalue weighted by molar-refractivity contribution is 5.06. The summed E-state index contributed by atoms with van der Waals surface area (Å²) in [6, 6.07) is 0.334. The second kappa shape index (κ2) is 4.53. The summed E-state index contributed by atoms with van der Waals surface area (Å²) in [4.78, 5) is 4.52. The van der Waals surface area contributed by atoms with Crippen LogP contribution >= 0.6 is 0 Å². The Morgan fingerprint density at radius 2 is 1.95 bits per heavy atom. The van der Waals surface area contributed by atoms with Crippen LogP contribution in [0.1, 0.15) is 77.6 Å². The first kappa shape index (κ1) is 14.0. The molecule has 1 saturated carbocycles. The third-order valence-corrected chi connectivity index (χ3v) is 4.30. The van der Waals surface area contributed by atoms with E-state index in [2.05, 4.69) is 50.1 Å². The van der Waals surface area contributed by atoms with Gasteiger partial charge in [0.15, 0.2) is 5.82 Å². The molecule has 0 aromatic carbocycles. The van der Waals surface area contributed by atoms with Crippen molar-refractivity contribution in [2.45, 2.75) is 83.1 Å².